The summed E-state index contributed by atoms with van der Waals surface area (Å²) in [6.45, 7) is 5.96. The van der Waals surface area contributed by atoms with Gasteiger partial charge in [0.15, 0.2) is 0 Å². The quantitative estimate of drug-likeness (QED) is 0.677. The summed E-state index contributed by atoms with van der Waals surface area (Å²) in [5.74, 6) is 1.52. The monoisotopic (exact) mass is 401 g/mol. The Bertz CT molecular complexity index is 1010. The number of nitrogens with one attached hydrogen (secondary N) is 1. The second-order valence-electron chi connectivity index (χ2n) is 6.56. The number of H-pyrrole nitrogens is 1. The number of carbonyl (C=O) groups is 1. The number of carbonyl (C=O) groups excluding carboxylic acids is 1. The van der Waals surface area contributed by atoms with Crippen molar-refractivity contribution in [2.75, 3.05) is 12.8 Å². The van der Waals surface area contributed by atoms with E-state index in [1.54, 1.807) is 4.90 Å². The molecule has 1 aromatic carbocycles. The standard InChI is InChI=1S/C20H23N3O2S2/c1-12-14(3)27-20-18(12)19(25)21-16(22-20)10-26-11-17(24)23(4)13(2)15-8-6-5-7-9-15/h5-9,13H,10-11H2,1-4H3,(H,21,22,25)/t13-/m0/s1. The summed E-state index contributed by atoms with van der Waals surface area (Å²) < 4.78 is 0. The number of hydrogen-bond donors (Lipinski definition) is 1. The average molecular weight is 402 g/mol. The summed E-state index contributed by atoms with van der Waals surface area (Å²) in [5.41, 5.74) is 2.01. The first kappa shape index (κ1) is 19.6. The Morgan fingerprint density at radius 2 is 2.00 bits per heavy atom. The number of aromatic nitrogens is 2. The molecule has 27 heavy (non-hydrogen) atoms. The second kappa shape index (κ2) is 8.27. The normalized spacial score (nSPS) is 12.3. The number of benzene rings is 1. The SMILES string of the molecule is Cc1sc2nc(CSCC(=O)N(C)[C@@H](C)c3ccccc3)[nH]c(=O)c2c1C. The van der Waals surface area contributed by atoms with Gasteiger partial charge in [0.05, 0.1) is 22.9 Å². The van der Waals surface area contributed by atoms with Crippen LogP contribution in [0, 0.1) is 13.8 Å². The smallest absolute Gasteiger partial charge is 0.259 e. The molecule has 3 rings (SSSR count). The summed E-state index contributed by atoms with van der Waals surface area (Å²) in [6, 6.07) is 9.99. The van der Waals surface area contributed by atoms with Crippen LogP contribution < -0.4 is 5.56 Å². The third-order valence-electron chi connectivity index (χ3n) is 4.81. The molecule has 0 aliphatic heterocycles. The average Bonchev–Trinajstić information content (AvgIpc) is 2.95. The van der Waals surface area contributed by atoms with E-state index in [2.05, 4.69) is 9.97 Å². The van der Waals surface area contributed by atoms with E-state index in [-0.39, 0.29) is 17.5 Å². The van der Waals surface area contributed by atoms with Gasteiger partial charge in [-0.2, -0.15) is 0 Å². The maximum atomic E-state index is 12.5. The predicted octanol–water partition coefficient (Wildman–Crippen LogP) is 4.05. The van der Waals surface area contributed by atoms with Crippen LogP contribution >= 0.6 is 23.1 Å². The summed E-state index contributed by atoms with van der Waals surface area (Å²) in [5, 5.41) is 0.679. The second-order valence-corrected chi connectivity index (χ2v) is 8.75. The van der Waals surface area contributed by atoms with Crippen LogP contribution in [0.5, 0.6) is 0 Å². The Hall–Kier alpha value is -2.12. The minimum Gasteiger partial charge on any atom is -0.338 e. The van der Waals surface area contributed by atoms with Crippen LogP contribution in [0.3, 0.4) is 0 Å². The molecule has 1 atom stereocenters. The van der Waals surface area contributed by atoms with Gasteiger partial charge >= 0.3 is 0 Å². The van der Waals surface area contributed by atoms with Crippen LogP contribution in [0.15, 0.2) is 35.1 Å². The Kier molecular flexibility index (Phi) is 6.01. The first-order valence-electron chi connectivity index (χ1n) is 8.75. The fourth-order valence-electron chi connectivity index (χ4n) is 2.88. The molecule has 2 aromatic heterocycles. The van der Waals surface area contributed by atoms with Crippen molar-refractivity contribution >= 4 is 39.2 Å². The molecule has 0 radical (unpaired) electrons. The molecule has 0 saturated carbocycles. The van der Waals surface area contributed by atoms with Crippen molar-refractivity contribution in [3.63, 3.8) is 0 Å². The van der Waals surface area contributed by atoms with E-state index in [0.717, 1.165) is 20.8 Å². The highest BCUT2D eigenvalue weighted by molar-refractivity contribution is 7.99. The topological polar surface area (TPSA) is 66.1 Å². The first-order chi connectivity index (χ1) is 12.9. The van der Waals surface area contributed by atoms with Gasteiger partial charge in [-0.3, -0.25) is 9.59 Å². The lowest BCUT2D eigenvalue weighted by Gasteiger charge is -2.25. The van der Waals surface area contributed by atoms with Crippen molar-refractivity contribution in [2.45, 2.75) is 32.6 Å². The number of hydrogen-bond acceptors (Lipinski definition) is 5. The minimum absolute atomic E-state index is 0.0191. The first-order valence-corrected chi connectivity index (χ1v) is 10.7. The lowest BCUT2D eigenvalue weighted by Crippen LogP contribution is -2.31. The van der Waals surface area contributed by atoms with Crippen molar-refractivity contribution < 1.29 is 4.79 Å². The molecular weight excluding hydrogens is 378 g/mol. The van der Waals surface area contributed by atoms with E-state index >= 15 is 0 Å². The van der Waals surface area contributed by atoms with Crippen LogP contribution in [0.1, 0.15) is 34.8 Å². The lowest BCUT2D eigenvalue weighted by atomic mass is 10.1. The Morgan fingerprint density at radius 1 is 1.30 bits per heavy atom. The molecule has 3 aromatic rings. The fourth-order valence-corrected chi connectivity index (χ4v) is 4.73. The van der Waals surface area contributed by atoms with E-state index in [1.165, 1.54) is 23.1 Å². The Labute approximate surface area is 166 Å². The molecule has 0 fully saturated rings. The molecule has 5 nitrogen and oxygen atoms in total. The number of amides is 1. The van der Waals surface area contributed by atoms with Crippen molar-refractivity contribution in [3.8, 4) is 0 Å². The number of thiophene rings is 1. The predicted molar refractivity (Wildman–Crippen MR) is 114 cm³/mol. The molecule has 142 valence electrons. The molecule has 0 bridgehead atoms. The molecule has 0 aliphatic carbocycles. The van der Waals surface area contributed by atoms with E-state index in [4.69, 9.17) is 0 Å². The molecule has 1 N–H and O–H groups in total. The highest BCUT2D eigenvalue weighted by Gasteiger charge is 2.17. The Balaban J connectivity index is 1.61. The van der Waals surface area contributed by atoms with Gasteiger partial charge in [0.1, 0.15) is 10.7 Å². The summed E-state index contributed by atoms with van der Waals surface area (Å²) >= 11 is 3.00. The van der Waals surface area contributed by atoms with Gasteiger partial charge in [-0.15, -0.1) is 23.1 Å². The number of rotatable bonds is 6. The van der Waals surface area contributed by atoms with Gasteiger partial charge in [-0.25, -0.2) is 4.98 Å². The zero-order valence-electron chi connectivity index (χ0n) is 15.9. The zero-order chi connectivity index (χ0) is 19.6. The number of nitrogens with zero attached hydrogens (tertiary/aromatic N) is 2. The fraction of sp³-hybridized carbons (Fsp3) is 0.350. The van der Waals surface area contributed by atoms with Crippen LogP contribution in [0.25, 0.3) is 10.2 Å². The molecule has 0 unspecified atom stereocenters. The maximum Gasteiger partial charge on any atom is 0.259 e. The van der Waals surface area contributed by atoms with Crippen LogP contribution in [-0.2, 0) is 10.5 Å². The van der Waals surface area contributed by atoms with Crippen molar-refractivity contribution in [1.82, 2.24) is 14.9 Å². The van der Waals surface area contributed by atoms with Crippen LogP contribution in [0.4, 0.5) is 0 Å². The number of fused-ring (bicyclic) bond motifs is 1. The number of aromatic amines is 1. The van der Waals surface area contributed by atoms with Crippen molar-refractivity contribution in [3.05, 3.63) is 62.5 Å². The van der Waals surface area contributed by atoms with Gasteiger partial charge in [-0.05, 0) is 31.9 Å². The van der Waals surface area contributed by atoms with E-state index in [1.807, 2.05) is 58.2 Å². The molecule has 0 spiro atoms. The molecule has 0 saturated heterocycles. The van der Waals surface area contributed by atoms with Gasteiger partial charge in [0.25, 0.3) is 5.56 Å². The van der Waals surface area contributed by atoms with E-state index in [0.29, 0.717) is 22.7 Å². The van der Waals surface area contributed by atoms with Crippen LogP contribution in [-0.4, -0.2) is 33.6 Å². The highest BCUT2D eigenvalue weighted by Crippen LogP contribution is 2.26. The third kappa shape index (κ3) is 4.25. The van der Waals surface area contributed by atoms with Gasteiger partial charge in [0, 0.05) is 11.9 Å². The molecular formula is C20H23N3O2S2. The van der Waals surface area contributed by atoms with E-state index in [9.17, 15) is 9.59 Å². The van der Waals surface area contributed by atoms with Crippen molar-refractivity contribution in [1.29, 1.82) is 0 Å². The largest absolute Gasteiger partial charge is 0.338 e. The summed E-state index contributed by atoms with van der Waals surface area (Å²) in [7, 11) is 1.82. The van der Waals surface area contributed by atoms with Crippen LogP contribution in [0.2, 0.25) is 0 Å². The maximum absolute atomic E-state index is 12.5. The zero-order valence-corrected chi connectivity index (χ0v) is 17.5. The molecule has 1 amide bonds. The lowest BCUT2D eigenvalue weighted by molar-refractivity contribution is -0.128. The third-order valence-corrected chi connectivity index (χ3v) is 6.84. The number of aryl methyl sites for hydroxylation is 2. The molecule has 0 aliphatic rings. The summed E-state index contributed by atoms with van der Waals surface area (Å²) in [6.07, 6.45) is 0. The van der Waals surface area contributed by atoms with Crippen molar-refractivity contribution in [2.24, 2.45) is 0 Å². The van der Waals surface area contributed by atoms with Gasteiger partial charge < -0.3 is 9.88 Å². The van der Waals surface area contributed by atoms with Gasteiger partial charge in [0.2, 0.25) is 5.91 Å². The highest BCUT2D eigenvalue weighted by atomic mass is 32.2. The minimum atomic E-state index is -0.0985. The molecule has 2 heterocycles. The van der Waals surface area contributed by atoms with E-state index < -0.39 is 0 Å². The molecule has 7 heteroatoms. The number of thioether (sulfide) groups is 1. The Morgan fingerprint density at radius 3 is 2.70 bits per heavy atom. The summed E-state index contributed by atoms with van der Waals surface area (Å²) in [4.78, 5) is 35.8. The van der Waals surface area contributed by atoms with Gasteiger partial charge in [-0.1, -0.05) is 30.3 Å².